The van der Waals surface area contributed by atoms with Gasteiger partial charge in [0.25, 0.3) is 0 Å². The number of likely N-dealkylation sites (tertiary alicyclic amines) is 1. The first-order valence-electron chi connectivity index (χ1n) is 9.29. The second-order valence-corrected chi connectivity index (χ2v) is 8.34. The topological polar surface area (TPSA) is 52.6 Å². The van der Waals surface area contributed by atoms with Crippen LogP contribution in [-0.2, 0) is 4.79 Å². The van der Waals surface area contributed by atoms with E-state index in [-0.39, 0.29) is 0 Å². The van der Waals surface area contributed by atoms with E-state index in [4.69, 9.17) is 0 Å². The largest absolute Gasteiger partial charge is 0.480 e. The first-order chi connectivity index (χ1) is 11.5. The lowest BCUT2D eigenvalue weighted by Crippen LogP contribution is -2.51. The van der Waals surface area contributed by atoms with Crippen LogP contribution in [0.1, 0.15) is 50.5 Å². The third-order valence-corrected chi connectivity index (χ3v) is 6.49. The van der Waals surface area contributed by atoms with E-state index in [1.165, 1.54) is 24.8 Å². The highest BCUT2D eigenvalue weighted by Gasteiger charge is 2.51. The third-order valence-electron chi connectivity index (χ3n) is 6.49. The minimum Gasteiger partial charge on any atom is -0.480 e. The Hall–Kier alpha value is -1.39. The summed E-state index contributed by atoms with van der Waals surface area (Å²) >= 11 is 0. The summed E-state index contributed by atoms with van der Waals surface area (Å²) in [7, 11) is 0. The number of aliphatic carboxylic acids is 1. The zero-order valence-corrected chi connectivity index (χ0v) is 14.5. The van der Waals surface area contributed by atoms with E-state index >= 15 is 0 Å². The second kappa shape index (κ2) is 5.85. The van der Waals surface area contributed by atoms with Gasteiger partial charge in [-0.3, -0.25) is 9.69 Å². The molecule has 4 heteroatoms. The van der Waals surface area contributed by atoms with Crippen molar-refractivity contribution in [1.29, 1.82) is 0 Å². The van der Waals surface area contributed by atoms with E-state index in [0.717, 1.165) is 32.5 Å². The molecule has 3 aliphatic rings. The Morgan fingerprint density at radius 2 is 2.04 bits per heavy atom. The van der Waals surface area contributed by atoms with Crippen LogP contribution in [0.5, 0.6) is 0 Å². The average molecular weight is 328 g/mol. The number of carbonyl (C=O) groups is 1. The zero-order valence-electron chi connectivity index (χ0n) is 14.5. The van der Waals surface area contributed by atoms with E-state index in [1.807, 2.05) is 6.92 Å². The van der Waals surface area contributed by atoms with Crippen molar-refractivity contribution >= 4 is 5.97 Å². The average Bonchev–Trinajstić information content (AvgIpc) is 3.48. The Kier molecular flexibility index (Phi) is 3.92. The van der Waals surface area contributed by atoms with Crippen LogP contribution >= 0.6 is 0 Å². The molecule has 2 saturated carbocycles. The molecule has 0 aromatic heterocycles. The maximum absolute atomic E-state index is 11.7. The highest BCUT2D eigenvalue weighted by molar-refractivity contribution is 5.78. The van der Waals surface area contributed by atoms with E-state index < -0.39 is 11.5 Å². The van der Waals surface area contributed by atoms with Gasteiger partial charge in [-0.25, -0.2) is 0 Å². The van der Waals surface area contributed by atoms with Gasteiger partial charge < -0.3 is 10.4 Å². The molecule has 1 aromatic rings. The first kappa shape index (κ1) is 16.1. The van der Waals surface area contributed by atoms with Gasteiger partial charge >= 0.3 is 5.97 Å². The summed E-state index contributed by atoms with van der Waals surface area (Å²) in [6, 6.07) is 11.4. The predicted octanol–water partition coefficient (Wildman–Crippen LogP) is 2.85. The summed E-state index contributed by atoms with van der Waals surface area (Å²) in [4.78, 5) is 13.9. The number of nitrogens with zero attached hydrogens (tertiary/aromatic N) is 1. The van der Waals surface area contributed by atoms with Crippen molar-refractivity contribution in [3.8, 4) is 0 Å². The summed E-state index contributed by atoms with van der Waals surface area (Å²) in [5.41, 5.74) is 1.10. The predicted molar refractivity (Wildman–Crippen MR) is 94.1 cm³/mol. The summed E-state index contributed by atoms with van der Waals surface area (Å²) < 4.78 is 0. The Labute approximate surface area is 144 Å². The number of hydrogen-bond acceptors (Lipinski definition) is 3. The monoisotopic (exact) mass is 328 g/mol. The van der Waals surface area contributed by atoms with Crippen molar-refractivity contribution in [3.63, 3.8) is 0 Å². The van der Waals surface area contributed by atoms with E-state index in [0.29, 0.717) is 17.4 Å². The molecule has 0 amide bonds. The molecular formula is C20H28N2O2. The van der Waals surface area contributed by atoms with Gasteiger partial charge in [-0.1, -0.05) is 30.3 Å². The van der Waals surface area contributed by atoms with Gasteiger partial charge in [0.05, 0.1) is 0 Å². The summed E-state index contributed by atoms with van der Waals surface area (Å²) in [5, 5.41) is 13.4. The van der Waals surface area contributed by atoms with Crippen molar-refractivity contribution in [1.82, 2.24) is 10.2 Å². The molecule has 130 valence electrons. The normalized spacial score (nSPS) is 34.2. The van der Waals surface area contributed by atoms with Gasteiger partial charge in [0.15, 0.2) is 0 Å². The van der Waals surface area contributed by atoms with Crippen LogP contribution in [-0.4, -0.2) is 47.2 Å². The molecule has 24 heavy (non-hydrogen) atoms. The first-order valence-corrected chi connectivity index (χ1v) is 9.29. The zero-order chi connectivity index (χ0) is 16.8. The second-order valence-electron chi connectivity index (χ2n) is 8.34. The maximum atomic E-state index is 11.7. The molecular weight excluding hydrogens is 300 g/mol. The quantitative estimate of drug-likeness (QED) is 0.808. The van der Waals surface area contributed by atoms with Crippen LogP contribution in [0, 0.1) is 5.41 Å². The van der Waals surface area contributed by atoms with Crippen LogP contribution < -0.4 is 5.32 Å². The number of benzene rings is 1. The third kappa shape index (κ3) is 2.98. The Morgan fingerprint density at radius 1 is 1.29 bits per heavy atom. The molecule has 0 unspecified atom stereocenters. The SMILES string of the molecule is C[C@@]1(C(=O)O)CCCN1CC1(CN[C@@H]2C[C@H]2c2ccccc2)CC1. The van der Waals surface area contributed by atoms with E-state index in [9.17, 15) is 9.90 Å². The van der Waals surface area contributed by atoms with Crippen molar-refractivity contribution in [2.45, 2.75) is 56.5 Å². The lowest BCUT2D eigenvalue weighted by atomic mass is 9.97. The molecule has 0 radical (unpaired) electrons. The Bertz CT molecular complexity index is 613. The number of nitrogens with one attached hydrogen (secondary N) is 1. The smallest absolute Gasteiger partial charge is 0.323 e. The van der Waals surface area contributed by atoms with Gasteiger partial charge in [0.2, 0.25) is 0 Å². The van der Waals surface area contributed by atoms with Crippen LogP contribution in [0.15, 0.2) is 30.3 Å². The van der Waals surface area contributed by atoms with Crippen molar-refractivity contribution in [3.05, 3.63) is 35.9 Å². The molecule has 4 nitrogen and oxygen atoms in total. The molecule has 2 N–H and O–H groups in total. The van der Waals surface area contributed by atoms with Gasteiger partial charge in [-0.15, -0.1) is 0 Å². The number of carboxylic acids is 1. The van der Waals surface area contributed by atoms with Gasteiger partial charge in [0.1, 0.15) is 5.54 Å². The lowest BCUT2D eigenvalue weighted by Gasteiger charge is -2.34. The standard InChI is InChI=1S/C20H28N2O2/c1-19(18(23)24)8-5-11-22(19)14-20(9-10-20)13-21-17-12-16(17)15-6-3-2-4-7-15/h2-4,6-7,16-17,21H,5,8-14H2,1H3,(H,23,24)/t16-,17+,19-/m0/s1. The number of rotatable bonds is 7. The molecule has 2 aliphatic carbocycles. The number of hydrogen-bond donors (Lipinski definition) is 2. The molecule has 1 saturated heterocycles. The van der Waals surface area contributed by atoms with Crippen LogP contribution in [0.4, 0.5) is 0 Å². The molecule has 0 bridgehead atoms. The summed E-state index contributed by atoms with van der Waals surface area (Å²) in [5.74, 6) is 0.00756. The molecule has 1 heterocycles. The van der Waals surface area contributed by atoms with E-state index in [2.05, 4.69) is 40.5 Å². The fourth-order valence-electron chi connectivity index (χ4n) is 4.32. The highest BCUT2D eigenvalue weighted by atomic mass is 16.4. The van der Waals surface area contributed by atoms with E-state index in [1.54, 1.807) is 0 Å². The van der Waals surface area contributed by atoms with Crippen LogP contribution in [0.25, 0.3) is 0 Å². The van der Waals surface area contributed by atoms with Crippen LogP contribution in [0.2, 0.25) is 0 Å². The highest BCUT2D eigenvalue weighted by Crippen LogP contribution is 2.49. The minimum atomic E-state index is -0.657. The Morgan fingerprint density at radius 3 is 2.71 bits per heavy atom. The lowest BCUT2D eigenvalue weighted by molar-refractivity contribution is -0.149. The summed E-state index contributed by atoms with van der Waals surface area (Å²) in [6.45, 7) is 4.80. The van der Waals surface area contributed by atoms with Gasteiger partial charge in [0, 0.05) is 25.0 Å². The molecule has 1 aliphatic heterocycles. The van der Waals surface area contributed by atoms with Crippen molar-refractivity contribution in [2.75, 3.05) is 19.6 Å². The van der Waals surface area contributed by atoms with Crippen LogP contribution in [0.3, 0.4) is 0 Å². The fourth-order valence-corrected chi connectivity index (χ4v) is 4.32. The maximum Gasteiger partial charge on any atom is 0.323 e. The molecule has 1 aromatic carbocycles. The van der Waals surface area contributed by atoms with Crippen molar-refractivity contribution in [2.24, 2.45) is 5.41 Å². The number of carboxylic acid groups (broad SMARTS) is 1. The molecule has 3 fully saturated rings. The Balaban J connectivity index is 1.31. The van der Waals surface area contributed by atoms with Crippen molar-refractivity contribution < 1.29 is 9.90 Å². The molecule has 4 rings (SSSR count). The summed E-state index contributed by atoms with van der Waals surface area (Å²) in [6.07, 6.45) is 5.48. The fraction of sp³-hybridized carbons (Fsp3) is 0.650. The van der Waals surface area contributed by atoms with Gasteiger partial charge in [-0.05, 0) is 56.6 Å². The minimum absolute atomic E-state index is 0.310. The molecule has 0 spiro atoms. The molecule has 3 atom stereocenters. The van der Waals surface area contributed by atoms with Gasteiger partial charge in [-0.2, -0.15) is 0 Å².